The first-order valence-electron chi connectivity index (χ1n) is 23.7. The zero-order valence-corrected chi connectivity index (χ0v) is 24.7. The number of nitrogens with zero attached hydrogens (tertiary/aromatic N) is 3. The van der Waals surface area contributed by atoms with Crippen molar-refractivity contribution >= 4 is 32.3 Å². The number of hydrogen-bond acceptors (Lipinski definition) is 3. The Kier molecular flexibility index (Phi) is 3.66. The molecule has 9 rings (SSSR count). The maximum absolute atomic E-state index is 9.49. The number of fused-ring (bicyclic) bond motifs is 4. The van der Waals surface area contributed by atoms with Crippen LogP contribution in [0.3, 0.4) is 0 Å². The molecule has 0 aliphatic heterocycles. The van der Waals surface area contributed by atoms with Crippen molar-refractivity contribution in [2.24, 2.45) is 0 Å². The molecule has 0 bridgehead atoms. The fourth-order valence-electron chi connectivity index (χ4n) is 5.64. The van der Waals surface area contributed by atoms with Crippen LogP contribution in [0, 0.1) is 0 Å². The summed E-state index contributed by atoms with van der Waals surface area (Å²) >= 11 is 0. The summed E-state index contributed by atoms with van der Waals surface area (Å²) in [6.45, 7) is 0. The van der Waals surface area contributed by atoms with Gasteiger partial charge in [-0.3, -0.25) is 0 Å². The molecule has 0 amide bonds. The summed E-state index contributed by atoms with van der Waals surface area (Å²) in [5, 5.41) is 4.66. The van der Waals surface area contributed by atoms with Crippen LogP contribution in [0.2, 0.25) is 0 Å². The van der Waals surface area contributed by atoms with Crippen molar-refractivity contribution in [1.82, 2.24) is 15.0 Å². The maximum Gasteiger partial charge on any atom is 0.164 e. The van der Waals surface area contributed by atoms with Gasteiger partial charge in [0.15, 0.2) is 17.5 Å². The topological polar surface area (TPSA) is 38.7 Å². The van der Waals surface area contributed by atoms with Gasteiger partial charge >= 0.3 is 0 Å². The average Bonchev–Trinajstić information content (AvgIpc) is 3.31. The minimum atomic E-state index is -0.882. The fourth-order valence-corrected chi connectivity index (χ4v) is 5.64. The minimum absolute atomic E-state index is 0.0613. The highest BCUT2D eigenvalue weighted by Gasteiger charge is 2.15. The molecule has 1 heterocycles. The van der Waals surface area contributed by atoms with E-state index in [1.54, 1.807) is 6.07 Å². The van der Waals surface area contributed by atoms with Crippen LogP contribution in [0.25, 0.3) is 88.7 Å². The molecule has 0 aliphatic rings. The molecule has 3 heteroatoms. The van der Waals surface area contributed by atoms with E-state index in [-0.39, 0.29) is 5.56 Å². The van der Waals surface area contributed by atoms with Crippen LogP contribution in [0.15, 0.2) is 175 Å². The first-order chi connectivity index (χ1) is 31.3. The molecule has 48 heavy (non-hydrogen) atoms. The number of hydrogen-bond donors (Lipinski definition) is 0. The highest BCUT2D eigenvalue weighted by atomic mass is 15.0. The first kappa shape index (κ1) is 15.0. The van der Waals surface area contributed by atoms with Gasteiger partial charge in [0.05, 0.1) is 24.7 Å². The summed E-state index contributed by atoms with van der Waals surface area (Å²) in [5.74, 6) is -2.03. The van der Waals surface area contributed by atoms with E-state index in [9.17, 15) is 5.48 Å². The zero-order chi connectivity index (χ0) is 47.5. The van der Waals surface area contributed by atoms with Gasteiger partial charge in [0.2, 0.25) is 0 Å². The van der Waals surface area contributed by atoms with Gasteiger partial charge in [-0.05, 0) is 60.6 Å². The highest BCUT2D eigenvalue weighted by molar-refractivity contribution is 6.20. The van der Waals surface area contributed by atoms with Crippen molar-refractivity contribution in [3.63, 3.8) is 0 Å². The average molecular weight is 630 g/mol. The Morgan fingerprint density at radius 1 is 0.333 bits per heavy atom. The third-order valence-corrected chi connectivity index (χ3v) is 7.83. The van der Waals surface area contributed by atoms with E-state index >= 15 is 0 Å². The normalized spacial score (nSPS) is 16.6. The second kappa shape index (κ2) is 11.7. The van der Waals surface area contributed by atoms with Crippen LogP contribution in [-0.2, 0) is 0 Å². The van der Waals surface area contributed by atoms with Crippen molar-refractivity contribution in [3.8, 4) is 56.4 Å². The lowest BCUT2D eigenvalue weighted by molar-refractivity contribution is 1.07. The zero-order valence-electron chi connectivity index (χ0n) is 42.7. The van der Waals surface area contributed by atoms with Crippen LogP contribution >= 0.6 is 0 Å². The summed E-state index contributed by atoms with van der Waals surface area (Å²) in [4.78, 5) is 13.1. The van der Waals surface area contributed by atoms with Crippen molar-refractivity contribution in [1.29, 1.82) is 0 Å². The predicted molar refractivity (Wildman–Crippen MR) is 200 cm³/mol. The van der Waals surface area contributed by atoms with E-state index in [1.165, 1.54) is 0 Å². The Morgan fingerprint density at radius 3 is 1.42 bits per heavy atom. The molecular weight excluding hydrogens is 583 g/mol. The van der Waals surface area contributed by atoms with Gasteiger partial charge in [-0.15, -0.1) is 0 Å². The monoisotopic (exact) mass is 629 g/mol. The lowest BCUT2D eigenvalue weighted by Gasteiger charge is -2.14. The third-order valence-electron chi connectivity index (χ3n) is 7.83. The first-order valence-corrected chi connectivity index (χ1v) is 14.7. The second-order valence-electron chi connectivity index (χ2n) is 10.7. The van der Waals surface area contributed by atoms with E-state index in [2.05, 4.69) is 15.0 Å². The summed E-state index contributed by atoms with van der Waals surface area (Å²) in [6.07, 6.45) is 0. The molecule has 0 N–H and O–H groups in total. The Bertz CT molecular complexity index is 3540. The standard InChI is InChI=1S/C45H29N3/c1-3-11-30(12-4-1)31-19-23-35(24-20-31)44-46-43(34-14-5-2-6-15-34)47-45(48-44)36-25-21-33(22-26-36)42-39-18-10-8-16-37(39)29-41-38-17-9-7-13-32(38)27-28-40(41)42/h1-29H/i1D,2D,3D,4D,5D,6D,11D,12D,14D,15D,19D,20D,21D,22D,23D,24D,25D,26D. The number of benzene rings is 8. The summed E-state index contributed by atoms with van der Waals surface area (Å²) in [7, 11) is 0. The van der Waals surface area contributed by atoms with Gasteiger partial charge < -0.3 is 0 Å². The molecule has 8 aromatic carbocycles. The van der Waals surface area contributed by atoms with E-state index < -0.39 is 154 Å². The molecule has 0 radical (unpaired) electrons. The Labute approximate surface area is 304 Å². The quantitative estimate of drug-likeness (QED) is 0.140. The Morgan fingerprint density at radius 2 is 0.792 bits per heavy atom. The van der Waals surface area contributed by atoms with Crippen molar-refractivity contribution in [2.45, 2.75) is 0 Å². The Hall–Kier alpha value is -6.45. The Balaban J connectivity index is 1.36. The SMILES string of the molecule is [2H]c1c([2H])c([2H])c(-c2nc(-c3c([2H])c([2H])c(-c4c([2H])c([2H])c([2H])c([2H])c4[2H])c([2H])c3[2H])nc(-c3c([2H])c([2H])c(-c4c5ccccc5cc5c4ccc4ccccc45)c([2H])c3[2H])n2)c([2H])c1[2H]. The molecule has 0 spiro atoms. The molecule has 0 fully saturated rings. The van der Waals surface area contributed by atoms with Gasteiger partial charge in [0.1, 0.15) is 0 Å². The molecule has 0 saturated carbocycles. The lowest BCUT2D eigenvalue weighted by atomic mass is 9.89. The van der Waals surface area contributed by atoms with Gasteiger partial charge in [0, 0.05) is 16.7 Å². The van der Waals surface area contributed by atoms with E-state index in [1.807, 2.05) is 60.7 Å². The van der Waals surface area contributed by atoms with E-state index in [0.29, 0.717) is 16.3 Å². The maximum atomic E-state index is 9.49. The summed E-state index contributed by atoms with van der Waals surface area (Å²) in [6, 6.07) is 7.07. The van der Waals surface area contributed by atoms with Crippen LogP contribution in [0.1, 0.15) is 24.7 Å². The van der Waals surface area contributed by atoms with Gasteiger partial charge in [-0.1, -0.05) is 169 Å². The molecule has 0 atom stereocenters. The molecule has 1 aromatic heterocycles. The van der Waals surface area contributed by atoms with Crippen LogP contribution in [0.5, 0.6) is 0 Å². The van der Waals surface area contributed by atoms with E-state index in [0.717, 1.165) is 21.5 Å². The third kappa shape index (κ3) is 4.99. The smallest absolute Gasteiger partial charge is 0.164 e. The van der Waals surface area contributed by atoms with Gasteiger partial charge in [-0.25, -0.2) is 15.0 Å². The van der Waals surface area contributed by atoms with Crippen LogP contribution in [-0.4, -0.2) is 15.0 Å². The molecule has 0 unspecified atom stereocenters. The predicted octanol–water partition coefficient (Wildman–Crippen LogP) is 11.7. The number of rotatable bonds is 5. The van der Waals surface area contributed by atoms with Crippen molar-refractivity contribution in [2.75, 3.05) is 0 Å². The van der Waals surface area contributed by atoms with Crippen LogP contribution in [0.4, 0.5) is 0 Å². The van der Waals surface area contributed by atoms with Crippen LogP contribution < -0.4 is 0 Å². The highest BCUT2D eigenvalue weighted by Crippen LogP contribution is 2.40. The van der Waals surface area contributed by atoms with Crippen molar-refractivity contribution < 1.29 is 24.7 Å². The molecule has 9 aromatic rings. The second-order valence-corrected chi connectivity index (χ2v) is 10.7. The summed E-state index contributed by atoms with van der Waals surface area (Å²) in [5.41, 5.74) is -2.71. The molecule has 0 aliphatic carbocycles. The molecular formula is C45H29N3. The van der Waals surface area contributed by atoms with Gasteiger partial charge in [0.25, 0.3) is 0 Å². The van der Waals surface area contributed by atoms with E-state index in [4.69, 9.17) is 19.2 Å². The molecule has 0 saturated heterocycles. The molecule has 224 valence electrons. The molecule has 3 nitrogen and oxygen atoms in total. The minimum Gasteiger partial charge on any atom is -0.208 e. The lowest BCUT2D eigenvalue weighted by Crippen LogP contribution is -2.00. The summed E-state index contributed by atoms with van der Waals surface area (Å²) < 4.78 is 158. The van der Waals surface area contributed by atoms with Crippen molar-refractivity contribution in [3.05, 3.63) is 175 Å². The fraction of sp³-hybridized carbons (Fsp3) is 0. The van der Waals surface area contributed by atoms with Gasteiger partial charge in [-0.2, -0.15) is 0 Å². The largest absolute Gasteiger partial charge is 0.208 e. The number of aromatic nitrogens is 3.